The predicted molar refractivity (Wildman–Crippen MR) is 59.4 cm³/mol. The van der Waals surface area contributed by atoms with Crippen LogP contribution in [0, 0.1) is 0 Å². The van der Waals surface area contributed by atoms with Crippen molar-refractivity contribution in [2.75, 3.05) is 19.4 Å². The predicted octanol–water partition coefficient (Wildman–Crippen LogP) is 0.809. The van der Waals surface area contributed by atoms with E-state index < -0.39 is 0 Å². The van der Waals surface area contributed by atoms with Gasteiger partial charge in [0.1, 0.15) is 0 Å². The SMILES string of the molecule is CNc1ccc(CO)c(CN(C)C=O)c1. The zero-order chi connectivity index (χ0) is 11.3. The maximum Gasteiger partial charge on any atom is 0.209 e. The van der Waals surface area contributed by atoms with Crippen LogP contribution in [0.4, 0.5) is 5.69 Å². The summed E-state index contributed by atoms with van der Waals surface area (Å²) in [5.74, 6) is 0. The fourth-order valence-corrected chi connectivity index (χ4v) is 1.39. The minimum absolute atomic E-state index is 0.00791. The Morgan fingerprint density at radius 1 is 1.47 bits per heavy atom. The van der Waals surface area contributed by atoms with Crippen molar-refractivity contribution in [1.29, 1.82) is 0 Å². The molecular weight excluding hydrogens is 192 g/mol. The Kier molecular flexibility index (Phi) is 4.12. The second kappa shape index (κ2) is 5.36. The summed E-state index contributed by atoms with van der Waals surface area (Å²) in [6.07, 6.45) is 0.771. The molecule has 0 radical (unpaired) electrons. The van der Waals surface area contributed by atoms with Crippen LogP contribution < -0.4 is 5.32 Å². The quantitative estimate of drug-likeness (QED) is 0.704. The number of amides is 1. The van der Waals surface area contributed by atoms with E-state index in [1.54, 1.807) is 7.05 Å². The largest absolute Gasteiger partial charge is 0.392 e. The Labute approximate surface area is 89.5 Å². The Morgan fingerprint density at radius 3 is 2.73 bits per heavy atom. The van der Waals surface area contributed by atoms with Crippen LogP contribution in [0.2, 0.25) is 0 Å². The first kappa shape index (κ1) is 11.5. The number of carbonyl (C=O) groups excluding carboxylic acids is 1. The Hall–Kier alpha value is -1.55. The van der Waals surface area contributed by atoms with Crippen LogP contribution in [-0.2, 0) is 17.9 Å². The van der Waals surface area contributed by atoms with E-state index in [0.29, 0.717) is 6.54 Å². The van der Waals surface area contributed by atoms with Gasteiger partial charge in [0.05, 0.1) is 6.61 Å². The van der Waals surface area contributed by atoms with Gasteiger partial charge in [-0.2, -0.15) is 0 Å². The number of hydrogen-bond acceptors (Lipinski definition) is 3. The van der Waals surface area contributed by atoms with Crippen molar-refractivity contribution < 1.29 is 9.90 Å². The normalized spacial score (nSPS) is 9.80. The lowest BCUT2D eigenvalue weighted by Crippen LogP contribution is -2.16. The summed E-state index contributed by atoms with van der Waals surface area (Å²) in [6.45, 7) is 0.501. The highest BCUT2D eigenvalue weighted by Crippen LogP contribution is 2.16. The van der Waals surface area contributed by atoms with Crippen molar-refractivity contribution in [2.24, 2.45) is 0 Å². The number of anilines is 1. The number of nitrogens with zero attached hydrogens (tertiary/aromatic N) is 1. The van der Waals surface area contributed by atoms with Gasteiger partial charge in [0.25, 0.3) is 0 Å². The van der Waals surface area contributed by atoms with Crippen molar-refractivity contribution in [3.63, 3.8) is 0 Å². The standard InChI is InChI=1S/C11H16N2O2/c1-12-11-4-3-9(7-14)10(5-11)6-13(2)8-15/h3-5,8,12,14H,6-7H2,1-2H3. The van der Waals surface area contributed by atoms with E-state index in [4.69, 9.17) is 5.11 Å². The summed E-state index contributed by atoms with van der Waals surface area (Å²) < 4.78 is 0. The fourth-order valence-electron chi connectivity index (χ4n) is 1.39. The number of nitrogens with one attached hydrogen (secondary N) is 1. The van der Waals surface area contributed by atoms with Crippen molar-refractivity contribution in [2.45, 2.75) is 13.2 Å². The van der Waals surface area contributed by atoms with E-state index in [2.05, 4.69) is 5.32 Å². The van der Waals surface area contributed by atoms with Gasteiger partial charge in [-0.05, 0) is 23.3 Å². The fraction of sp³-hybridized carbons (Fsp3) is 0.364. The molecule has 0 saturated heterocycles. The third-order valence-corrected chi connectivity index (χ3v) is 2.26. The maximum atomic E-state index is 10.5. The number of aliphatic hydroxyl groups excluding tert-OH is 1. The molecule has 1 amide bonds. The molecule has 1 rings (SSSR count). The molecule has 15 heavy (non-hydrogen) atoms. The van der Waals surface area contributed by atoms with Gasteiger partial charge < -0.3 is 15.3 Å². The molecule has 0 spiro atoms. The van der Waals surface area contributed by atoms with Gasteiger partial charge in [0.2, 0.25) is 6.41 Å². The second-order valence-corrected chi connectivity index (χ2v) is 3.41. The zero-order valence-corrected chi connectivity index (χ0v) is 9.03. The third kappa shape index (κ3) is 2.95. The Balaban J connectivity index is 2.95. The van der Waals surface area contributed by atoms with Gasteiger partial charge >= 0.3 is 0 Å². The van der Waals surface area contributed by atoms with Crippen LogP contribution in [0.3, 0.4) is 0 Å². The highest BCUT2D eigenvalue weighted by molar-refractivity contribution is 5.51. The summed E-state index contributed by atoms with van der Waals surface area (Å²) in [6, 6.07) is 5.70. The molecule has 0 aliphatic heterocycles. The molecule has 0 atom stereocenters. The molecule has 0 saturated carbocycles. The van der Waals surface area contributed by atoms with E-state index in [-0.39, 0.29) is 6.61 Å². The van der Waals surface area contributed by atoms with Crippen LogP contribution in [0.5, 0.6) is 0 Å². The van der Waals surface area contributed by atoms with Crippen LogP contribution in [0.1, 0.15) is 11.1 Å². The average molecular weight is 208 g/mol. The molecule has 1 aromatic rings. The van der Waals surface area contributed by atoms with Gasteiger partial charge in [-0.1, -0.05) is 6.07 Å². The number of aliphatic hydroxyl groups is 1. The lowest BCUT2D eigenvalue weighted by atomic mass is 10.1. The van der Waals surface area contributed by atoms with E-state index in [1.165, 1.54) is 4.90 Å². The highest BCUT2D eigenvalue weighted by atomic mass is 16.3. The van der Waals surface area contributed by atoms with Gasteiger partial charge in [-0.3, -0.25) is 4.79 Å². The Morgan fingerprint density at radius 2 is 2.20 bits per heavy atom. The van der Waals surface area contributed by atoms with Crippen LogP contribution in [0.25, 0.3) is 0 Å². The summed E-state index contributed by atoms with van der Waals surface area (Å²) in [4.78, 5) is 12.0. The lowest BCUT2D eigenvalue weighted by molar-refractivity contribution is -0.117. The number of rotatable bonds is 5. The number of hydrogen-bond donors (Lipinski definition) is 2. The maximum absolute atomic E-state index is 10.5. The van der Waals surface area contributed by atoms with E-state index >= 15 is 0 Å². The minimum atomic E-state index is -0.00791. The van der Waals surface area contributed by atoms with Crippen molar-refractivity contribution in [3.05, 3.63) is 29.3 Å². The molecule has 0 aliphatic carbocycles. The summed E-state index contributed by atoms with van der Waals surface area (Å²) >= 11 is 0. The molecule has 82 valence electrons. The number of carbonyl (C=O) groups is 1. The van der Waals surface area contributed by atoms with Gasteiger partial charge in [-0.15, -0.1) is 0 Å². The molecule has 2 N–H and O–H groups in total. The molecule has 1 aromatic carbocycles. The minimum Gasteiger partial charge on any atom is -0.392 e. The van der Waals surface area contributed by atoms with Crippen LogP contribution in [-0.4, -0.2) is 30.5 Å². The molecule has 0 fully saturated rings. The van der Waals surface area contributed by atoms with E-state index in [0.717, 1.165) is 23.2 Å². The van der Waals surface area contributed by atoms with Crippen LogP contribution in [0.15, 0.2) is 18.2 Å². The molecule has 0 aromatic heterocycles. The molecule has 0 heterocycles. The van der Waals surface area contributed by atoms with Crippen LogP contribution >= 0.6 is 0 Å². The summed E-state index contributed by atoms with van der Waals surface area (Å²) in [5, 5.41) is 12.2. The first-order valence-electron chi connectivity index (χ1n) is 4.77. The van der Waals surface area contributed by atoms with Gasteiger partial charge in [0.15, 0.2) is 0 Å². The topological polar surface area (TPSA) is 52.6 Å². The van der Waals surface area contributed by atoms with Crippen molar-refractivity contribution >= 4 is 12.1 Å². The van der Waals surface area contributed by atoms with Gasteiger partial charge in [0, 0.05) is 26.3 Å². The van der Waals surface area contributed by atoms with E-state index in [1.807, 2.05) is 25.2 Å². The second-order valence-electron chi connectivity index (χ2n) is 3.41. The number of benzene rings is 1. The van der Waals surface area contributed by atoms with E-state index in [9.17, 15) is 4.79 Å². The molecule has 4 nitrogen and oxygen atoms in total. The molecule has 0 bridgehead atoms. The monoisotopic (exact) mass is 208 g/mol. The first-order valence-corrected chi connectivity index (χ1v) is 4.77. The highest BCUT2D eigenvalue weighted by Gasteiger charge is 2.04. The van der Waals surface area contributed by atoms with Crippen molar-refractivity contribution in [3.8, 4) is 0 Å². The Bertz CT molecular complexity index is 339. The average Bonchev–Trinajstić information content (AvgIpc) is 2.28. The smallest absolute Gasteiger partial charge is 0.209 e. The zero-order valence-electron chi connectivity index (χ0n) is 9.03. The molecule has 0 unspecified atom stereocenters. The third-order valence-electron chi connectivity index (χ3n) is 2.26. The summed E-state index contributed by atoms with van der Waals surface area (Å²) in [7, 11) is 3.54. The first-order chi connectivity index (χ1) is 7.21. The molecule has 4 heteroatoms. The molecular formula is C11H16N2O2. The van der Waals surface area contributed by atoms with Crippen molar-refractivity contribution in [1.82, 2.24) is 4.90 Å². The molecule has 0 aliphatic rings. The summed E-state index contributed by atoms with van der Waals surface area (Å²) in [5.41, 5.74) is 2.78. The van der Waals surface area contributed by atoms with Gasteiger partial charge in [-0.25, -0.2) is 0 Å². The lowest BCUT2D eigenvalue weighted by Gasteiger charge is -2.14.